The Kier molecular flexibility index (Phi) is 12.7. The number of aryl methyl sites for hydroxylation is 6. The van der Waals surface area contributed by atoms with Gasteiger partial charge in [0, 0.05) is 10.8 Å². The number of carbonyl (C=O) groups excluding carboxylic acids is 1. The number of nitrogens with zero attached hydrogens (tertiary/aromatic N) is 2. The molecule has 0 aliphatic heterocycles. The summed E-state index contributed by atoms with van der Waals surface area (Å²) in [5.74, 6) is -0.375. The average molecular weight is 784 g/mol. The molecule has 0 amide bonds. The van der Waals surface area contributed by atoms with Gasteiger partial charge >= 0.3 is 20.1 Å². The molecule has 6 aromatic rings. The predicted octanol–water partition coefficient (Wildman–Crippen LogP) is 9.09. The van der Waals surface area contributed by atoms with Crippen molar-refractivity contribution in [3.05, 3.63) is 142 Å². The fraction of sp³-hybridized carbons (Fsp3) is 0.195. The van der Waals surface area contributed by atoms with Gasteiger partial charge in [-0.05, 0) is 61.5 Å². The number of hydrogen-bond acceptors (Lipinski definition) is 4. The van der Waals surface area contributed by atoms with Crippen LogP contribution < -0.4 is 5.11 Å². The first kappa shape index (κ1) is 36.0. The van der Waals surface area contributed by atoms with E-state index in [1.54, 1.807) is 0 Å². The Hall–Kier alpha value is -4.44. The van der Waals surface area contributed by atoms with E-state index in [0.717, 1.165) is 50.8 Å². The van der Waals surface area contributed by atoms with Gasteiger partial charge in [-0.1, -0.05) is 83.1 Å². The van der Waals surface area contributed by atoms with Gasteiger partial charge in [0.25, 0.3) is 0 Å². The molecule has 234 valence electrons. The molecule has 46 heavy (non-hydrogen) atoms. The van der Waals surface area contributed by atoms with Crippen molar-refractivity contribution in [2.45, 2.75) is 55.4 Å². The number of rotatable bonds is 3. The van der Waals surface area contributed by atoms with E-state index in [2.05, 4.69) is 126 Å². The van der Waals surface area contributed by atoms with E-state index >= 15 is 0 Å². The molecule has 5 heteroatoms. The Morgan fingerprint density at radius 3 is 1.35 bits per heavy atom. The van der Waals surface area contributed by atoms with Gasteiger partial charge in [-0.3, -0.25) is 14.8 Å². The van der Waals surface area contributed by atoms with Crippen molar-refractivity contribution in [1.29, 1.82) is 0 Å². The molecule has 2 aromatic heterocycles. The van der Waals surface area contributed by atoms with Crippen LogP contribution >= 0.6 is 0 Å². The molecule has 0 aliphatic rings. The van der Waals surface area contributed by atoms with E-state index in [9.17, 15) is 9.90 Å². The van der Waals surface area contributed by atoms with Gasteiger partial charge in [0.05, 0.1) is 11.0 Å². The monoisotopic (exact) mass is 784 g/mol. The Bertz CT molecular complexity index is 1850. The minimum absolute atomic E-state index is 0. The number of fused-ring (bicyclic) bond motifs is 2. The maximum Gasteiger partial charge on any atom is 3.00 e. The van der Waals surface area contributed by atoms with Gasteiger partial charge < -0.3 is 5.11 Å². The molecule has 6 rings (SSSR count). The maximum absolute atomic E-state index is 9.98. The van der Waals surface area contributed by atoms with Crippen LogP contribution in [0.5, 0.6) is 0 Å². The zero-order valence-electron chi connectivity index (χ0n) is 27.7. The van der Waals surface area contributed by atoms with Gasteiger partial charge in [-0.15, -0.1) is 75.5 Å². The minimum Gasteiger partial charge on any atom is -0.876 e. The quantitative estimate of drug-likeness (QED) is 0.102. The van der Waals surface area contributed by atoms with Gasteiger partial charge in [0.2, 0.25) is 0 Å². The number of aromatic nitrogens is 2. The van der Waals surface area contributed by atoms with E-state index in [1.165, 1.54) is 46.9 Å². The molecule has 0 unspecified atom stereocenters. The number of para-hydroxylation sites is 2. The molecule has 0 radical (unpaired) electrons. The zero-order valence-corrected chi connectivity index (χ0v) is 30.1. The first-order valence-corrected chi connectivity index (χ1v) is 15.0. The summed E-state index contributed by atoms with van der Waals surface area (Å²) >= 11 is 0. The zero-order chi connectivity index (χ0) is 32.7. The summed E-state index contributed by atoms with van der Waals surface area (Å²) < 4.78 is 0. The molecule has 0 bridgehead atoms. The topological polar surface area (TPSA) is 65.9 Å². The van der Waals surface area contributed by atoms with Crippen LogP contribution in [-0.4, -0.2) is 15.8 Å². The molecule has 0 fully saturated rings. The van der Waals surface area contributed by atoms with Crippen LogP contribution in [0.3, 0.4) is 0 Å². The van der Waals surface area contributed by atoms with Gasteiger partial charge in [0.15, 0.2) is 5.78 Å². The van der Waals surface area contributed by atoms with Crippen molar-refractivity contribution in [3.8, 4) is 22.5 Å². The summed E-state index contributed by atoms with van der Waals surface area (Å²) in [4.78, 5) is 19.5. The number of pyridine rings is 2. The molecule has 0 saturated heterocycles. The van der Waals surface area contributed by atoms with Crippen LogP contribution in [-0.2, 0) is 24.9 Å². The van der Waals surface area contributed by atoms with Crippen molar-refractivity contribution in [1.82, 2.24) is 9.97 Å². The van der Waals surface area contributed by atoms with Crippen LogP contribution in [0.15, 0.2) is 96.8 Å². The van der Waals surface area contributed by atoms with Crippen molar-refractivity contribution in [2.24, 2.45) is 0 Å². The second-order valence-electron chi connectivity index (χ2n) is 11.6. The molecule has 0 aliphatic carbocycles. The molecule has 0 N–H and O–H groups in total. The fourth-order valence-electron chi connectivity index (χ4n) is 5.33. The van der Waals surface area contributed by atoms with Crippen molar-refractivity contribution >= 4 is 27.6 Å². The van der Waals surface area contributed by atoms with E-state index in [1.807, 2.05) is 12.1 Å². The van der Waals surface area contributed by atoms with Crippen LogP contribution in [0, 0.1) is 53.7 Å². The normalized spacial score (nSPS) is 10.7. The summed E-state index contributed by atoms with van der Waals surface area (Å²) in [5.41, 5.74) is 13.6. The summed E-state index contributed by atoms with van der Waals surface area (Å²) in [6.45, 7) is 15.3. The number of allylic oxidation sites excluding steroid dienone is 2. The van der Waals surface area contributed by atoms with E-state index in [0.29, 0.717) is 0 Å². The number of benzene rings is 4. The van der Waals surface area contributed by atoms with Gasteiger partial charge in [-0.2, -0.15) is 0 Å². The van der Waals surface area contributed by atoms with Crippen LogP contribution in [0.1, 0.15) is 47.2 Å². The Morgan fingerprint density at radius 2 is 1.02 bits per heavy atom. The van der Waals surface area contributed by atoms with Crippen molar-refractivity contribution in [2.75, 3.05) is 0 Å². The standard InChI is InChI=1S/2C18H16N.C5H8O2.Ir/c2*1-12-8-13(2)10-15(9-12)18-11-14(3)16-6-4-5-7-17(16)19-18;1-4(6)3-5(2)7;/h2*4-9,11H,1-3H3;3,6H,1-2H3;/q2*-1;;+3/p-1. The first-order chi connectivity index (χ1) is 21.4. The number of hydrogen-bond donors (Lipinski definition) is 0. The first-order valence-electron chi connectivity index (χ1n) is 15.0. The van der Waals surface area contributed by atoms with Crippen molar-refractivity contribution < 1.29 is 30.0 Å². The smallest absolute Gasteiger partial charge is 0.876 e. The van der Waals surface area contributed by atoms with Crippen LogP contribution in [0.2, 0.25) is 0 Å². The van der Waals surface area contributed by atoms with E-state index in [4.69, 9.17) is 9.97 Å². The minimum atomic E-state index is -0.187. The second-order valence-corrected chi connectivity index (χ2v) is 11.6. The van der Waals surface area contributed by atoms with E-state index < -0.39 is 0 Å². The molecular weight excluding hydrogens is 745 g/mol. The molecule has 0 atom stereocenters. The van der Waals surface area contributed by atoms with E-state index in [-0.39, 0.29) is 31.6 Å². The average Bonchev–Trinajstić information content (AvgIpc) is 2.96. The van der Waals surface area contributed by atoms with Crippen LogP contribution in [0.25, 0.3) is 44.3 Å². The predicted molar refractivity (Wildman–Crippen MR) is 185 cm³/mol. The second kappa shape index (κ2) is 16.2. The van der Waals surface area contributed by atoms with Crippen LogP contribution in [0.4, 0.5) is 0 Å². The molecule has 0 saturated carbocycles. The molecule has 4 aromatic carbocycles. The molecule has 4 nitrogen and oxygen atoms in total. The SMILES string of the molecule is CC(=O)C=C(C)[O-].Cc1[c-]c(-c2cc(C)c3ccccc3n2)cc(C)c1.Cc1[c-]c(-c2cc(C)c3ccccc3n2)cc(C)c1.[Ir+3]. The maximum atomic E-state index is 9.98. The Labute approximate surface area is 286 Å². The third-order valence-corrected chi connectivity index (χ3v) is 7.10. The third kappa shape index (κ3) is 9.78. The Balaban J connectivity index is 0.000000205. The summed E-state index contributed by atoms with van der Waals surface area (Å²) in [6.07, 6.45) is 1.06. The third-order valence-electron chi connectivity index (χ3n) is 7.10. The summed E-state index contributed by atoms with van der Waals surface area (Å²) in [6, 6.07) is 36.2. The largest absolute Gasteiger partial charge is 3.00 e. The summed E-state index contributed by atoms with van der Waals surface area (Å²) in [5, 5.41) is 12.4. The number of ketones is 1. The summed E-state index contributed by atoms with van der Waals surface area (Å²) in [7, 11) is 0. The Morgan fingerprint density at radius 1 is 0.630 bits per heavy atom. The van der Waals surface area contributed by atoms with Gasteiger partial charge in [0.1, 0.15) is 0 Å². The fourth-order valence-corrected chi connectivity index (χ4v) is 5.33. The number of carbonyl (C=O) groups is 1. The molecule has 0 spiro atoms. The van der Waals surface area contributed by atoms with Crippen molar-refractivity contribution in [3.63, 3.8) is 0 Å². The van der Waals surface area contributed by atoms with Gasteiger partial charge in [-0.25, -0.2) is 0 Å². The molecule has 2 heterocycles. The molecular formula is C41H39IrN2O2.